The van der Waals surface area contributed by atoms with E-state index in [1.165, 1.54) is 11.3 Å². The molecule has 0 spiro atoms. The fraction of sp³-hybridized carbons (Fsp3) is 0.526. The second-order valence-corrected chi connectivity index (χ2v) is 6.84. The van der Waals surface area contributed by atoms with Crippen molar-refractivity contribution < 1.29 is 14.4 Å². The molecule has 6 nitrogen and oxygen atoms in total. The number of rotatable bonds is 5. The van der Waals surface area contributed by atoms with Crippen molar-refractivity contribution in [2.24, 2.45) is 0 Å². The molecule has 1 saturated carbocycles. The van der Waals surface area contributed by atoms with E-state index in [1.54, 1.807) is 4.90 Å². The molecule has 1 N–H and O–H groups in total. The van der Waals surface area contributed by atoms with Crippen molar-refractivity contribution in [2.45, 2.75) is 44.7 Å². The van der Waals surface area contributed by atoms with Gasteiger partial charge >= 0.3 is 11.8 Å². The number of nitrogens with one attached hydrogen (secondary N) is 1. The first kappa shape index (κ1) is 17.5. The zero-order valence-electron chi connectivity index (χ0n) is 14.4. The summed E-state index contributed by atoms with van der Waals surface area (Å²) in [5.74, 6) is -1.27. The van der Waals surface area contributed by atoms with Crippen LogP contribution in [0.4, 0.5) is 0 Å². The van der Waals surface area contributed by atoms with E-state index < -0.39 is 11.8 Å². The normalized spacial score (nSPS) is 19.2. The van der Waals surface area contributed by atoms with Crippen molar-refractivity contribution in [3.05, 3.63) is 35.9 Å². The van der Waals surface area contributed by atoms with Gasteiger partial charge < -0.3 is 15.1 Å². The molecule has 0 aromatic heterocycles. The lowest BCUT2D eigenvalue weighted by atomic mass is 9.95. The van der Waals surface area contributed by atoms with Gasteiger partial charge in [0, 0.05) is 25.7 Å². The lowest BCUT2D eigenvalue weighted by Gasteiger charge is -2.34. The van der Waals surface area contributed by atoms with Gasteiger partial charge in [-0.25, -0.2) is 0 Å². The Morgan fingerprint density at radius 3 is 2.32 bits per heavy atom. The summed E-state index contributed by atoms with van der Waals surface area (Å²) < 4.78 is 0. The van der Waals surface area contributed by atoms with Gasteiger partial charge in [-0.15, -0.1) is 0 Å². The minimum Gasteiger partial charge on any atom is -0.352 e. The highest BCUT2D eigenvalue weighted by molar-refractivity contribution is 6.35. The Kier molecular flexibility index (Phi) is 5.68. The molecule has 25 heavy (non-hydrogen) atoms. The first-order chi connectivity index (χ1) is 12.1. The summed E-state index contributed by atoms with van der Waals surface area (Å²) in [6, 6.07) is 9.82. The minimum absolute atomic E-state index is 0.0275. The second-order valence-electron chi connectivity index (χ2n) is 6.84. The molecular formula is C19H25N3O3. The van der Waals surface area contributed by atoms with Crippen LogP contribution in [0.2, 0.25) is 0 Å². The maximum atomic E-state index is 12.3. The van der Waals surface area contributed by atoms with Gasteiger partial charge in [-0.3, -0.25) is 14.4 Å². The van der Waals surface area contributed by atoms with Gasteiger partial charge in [0.05, 0.1) is 0 Å². The van der Waals surface area contributed by atoms with Crippen LogP contribution in [0.5, 0.6) is 0 Å². The van der Waals surface area contributed by atoms with E-state index in [2.05, 4.69) is 5.32 Å². The highest BCUT2D eigenvalue weighted by atomic mass is 16.2. The van der Waals surface area contributed by atoms with E-state index in [-0.39, 0.29) is 18.5 Å². The Bertz CT molecular complexity index is 626. The van der Waals surface area contributed by atoms with Crippen LogP contribution in [0.25, 0.3) is 0 Å². The molecule has 2 aliphatic rings. The van der Waals surface area contributed by atoms with Crippen LogP contribution in [0.15, 0.2) is 30.3 Å². The topological polar surface area (TPSA) is 69.7 Å². The minimum atomic E-state index is -0.582. The van der Waals surface area contributed by atoms with Gasteiger partial charge in [-0.05, 0) is 18.4 Å². The van der Waals surface area contributed by atoms with Crippen molar-refractivity contribution in [1.29, 1.82) is 0 Å². The van der Waals surface area contributed by atoms with Crippen LogP contribution in [-0.2, 0) is 20.9 Å². The Balaban J connectivity index is 1.50. The van der Waals surface area contributed by atoms with E-state index in [9.17, 15) is 14.4 Å². The maximum Gasteiger partial charge on any atom is 0.312 e. The first-order valence-corrected chi connectivity index (χ1v) is 9.05. The van der Waals surface area contributed by atoms with Gasteiger partial charge in [0.2, 0.25) is 5.91 Å². The lowest BCUT2D eigenvalue weighted by Crippen LogP contribution is -2.56. The highest BCUT2D eigenvalue weighted by Gasteiger charge is 2.33. The first-order valence-electron chi connectivity index (χ1n) is 9.05. The predicted octanol–water partition coefficient (Wildman–Crippen LogP) is 1.31. The Hall–Kier alpha value is -2.37. The molecule has 0 bridgehead atoms. The van der Waals surface area contributed by atoms with Gasteiger partial charge in [0.25, 0.3) is 0 Å². The van der Waals surface area contributed by atoms with Crippen molar-refractivity contribution in [3.8, 4) is 0 Å². The highest BCUT2D eigenvalue weighted by Crippen LogP contribution is 2.17. The average molecular weight is 343 g/mol. The molecule has 1 saturated heterocycles. The smallest absolute Gasteiger partial charge is 0.312 e. The summed E-state index contributed by atoms with van der Waals surface area (Å²) in [4.78, 5) is 39.7. The third kappa shape index (κ3) is 4.59. The molecule has 6 heteroatoms. The molecule has 1 aliphatic carbocycles. The van der Waals surface area contributed by atoms with Gasteiger partial charge in [0.1, 0.15) is 6.54 Å². The number of carbonyl (C=O) groups is 3. The summed E-state index contributed by atoms with van der Waals surface area (Å²) in [5, 5.41) is 2.99. The zero-order chi connectivity index (χ0) is 17.6. The molecule has 0 unspecified atom stereocenters. The quantitative estimate of drug-likeness (QED) is 0.820. The van der Waals surface area contributed by atoms with Crippen molar-refractivity contribution in [3.63, 3.8) is 0 Å². The van der Waals surface area contributed by atoms with E-state index in [4.69, 9.17) is 0 Å². The summed E-state index contributed by atoms with van der Waals surface area (Å²) in [6.07, 6.45) is 5.51. The third-order valence-electron chi connectivity index (χ3n) is 4.92. The molecule has 1 aromatic carbocycles. The van der Waals surface area contributed by atoms with E-state index in [1.807, 2.05) is 30.3 Å². The zero-order valence-corrected chi connectivity index (χ0v) is 14.4. The Morgan fingerprint density at radius 1 is 0.960 bits per heavy atom. The number of hydrogen-bond acceptors (Lipinski definition) is 3. The van der Waals surface area contributed by atoms with E-state index in [0.717, 1.165) is 31.2 Å². The summed E-state index contributed by atoms with van der Waals surface area (Å²) in [7, 11) is 0. The van der Waals surface area contributed by atoms with E-state index in [0.29, 0.717) is 19.6 Å². The molecule has 0 radical (unpaired) electrons. The fourth-order valence-electron chi connectivity index (χ4n) is 3.51. The average Bonchev–Trinajstić information content (AvgIpc) is 2.63. The summed E-state index contributed by atoms with van der Waals surface area (Å²) in [6.45, 7) is 1.25. The van der Waals surface area contributed by atoms with Crippen molar-refractivity contribution in [2.75, 3.05) is 19.6 Å². The molecule has 2 fully saturated rings. The molecule has 134 valence electrons. The Morgan fingerprint density at radius 2 is 1.60 bits per heavy atom. The second kappa shape index (κ2) is 8.14. The third-order valence-corrected chi connectivity index (χ3v) is 4.92. The van der Waals surface area contributed by atoms with Crippen LogP contribution < -0.4 is 5.32 Å². The SMILES string of the molecule is O=C(CN1CCN(Cc2ccccc2)C(=O)C1=O)NC1CCCCC1. The number of benzene rings is 1. The molecule has 3 amide bonds. The summed E-state index contributed by atoms with van der Waals surface area (Å²) >= 11 is 0. The van der Waals surface area contributed by atoms with Gasteiger partial charge in [-0.2, -0.15) is 0 Å². The van der Waals surface area contributed by atoms with Crippen LogP contribution in [0, 0.1) is 0 Å². The van der Waals surface area contributed by atoms with Crippen LogP contribution >= 0.6 is 0 Å². The molecule has 1 heterocycles. The molecule has 1 aromatic rings. The van der Waals surface area contributed by atoms with E-state index >= 15 is 0 Å². The number of piperazine rings is 1. The standard InChI is InChI=1S/C19H25N3O3/c23-17(20-16-9-5-2-6-10-16)14-22-12-11-21(18(24)19(22)25)13-15-7-3-1-4-8-15/h1,3-4,7-8,16H,2,5-6,9-14H2,(H,20,23). The van der Waals surface area contributed by atoms with Gasteiger partial charge in [0.15, 0.2) is 0 Å². The van der Waals surface area contributed by atoms with Crippen LogP contribution in [-0.4, -0.2) is 53.2 Å². The molecule has 1 aliphatic heterocycles. The largest absolute Gasteiger partial charge is 0.352 e. The van der Waals surface area contributed by atoms with Gasteiger partial charge in [-0.1, -0.05) is 49.6 Å². The maximum absolute atomic E-state index is 12.3. The number of carbonyl (C=O) groups excluding carboxylic acids is 3. The molecule has 3 rings (SSSR count). The Labute approximate surface area is 148 Å². The van der Waals surface area contributed by atoms with Crippen molar-refractivity contribution in [1.82, 2.24) is 15.1 Å². The van der Waals surface area contributed by atoms with Crippen LogP contribution in [0.3, 0.4) is 0 Å². The van der Waals surface area contributed by atoms with Crippen molar-refractivity contribution >= 4 is 17.7 Å². The number of hydrogen-bond donors (Lipinski definition) is 1. The molecule has 0 atom stereocenters. The lowest BCUT2D eigenvalue weighted by molar-refractivity contribution is -0.157. The monoisotopic (exact) mass is 343 g/mol. The molecular weight excluding hydrogens is 318 g/mol. The fourth-order valence-corrected chi connectivity index (χ4v) is 3.51. The van der Waals surface area contributed by atoms with Crippen LogP contribution in [0.1, 0.15) is 37.7 Å². The summed E-state index contributed by atoms with van der Waals surface area (Å²) in [5.41, 5.74) is 0.993. The predicted molar refractivity (Wildman–Crippen MR) is 93.5 cm³/mol. The number of amides is 3. The number of nitrogens with zero attached hydrogens (tertiary/aromatic N) is 2.